The Morgan fingerprint density at radius 2 is 1.82 bits per heavy atom. The molecule has 5 N–H and O–H groups in total. The van der Waals surface area contributed by atoms with Gasteiger partial charge in [0.25, 0.3) is 5.91 Å². The van der Waals surface area contributed by atoms with Gasteiger partial charge in [-0.25, -0.2) is 0 Å². The number of benzene rings is 3. The molecular weight excluding hydrogens is 450 g/mol. The lowest BCUT2D eigenvalue weighted by Gasteiger charge is -2.43. The van der Waals surface area contributed by atoms with Crippen molar-refractivity contribution in [2.24, 2.45) is 0 Å². The molecule has 3 aliphatic heterocycles. The molecule has 1 fully saturated rings. The van der Waals surface area contributed by atoms with Crippen molar-refractivity contribution in [1.82, 2.24) is 0 Å². The molecule has 11 heteroatoms. The van der Waals surface area contributed by atoms with E-state index in [9.17, 15) is 30.3 Å². The zero-order valence-corrected chi connectivity index (χ0v) is 17.8. The van der Waals surface area contributed by atoms with Crippen molar-refractivity contribution in [2.75, 3.05) is 25.4 Å². The van der Waals surface area contributed by atoms with Crippen LogP contribution in [0.1, 0.15) is 10.4 Å². The summed E-state index contributed by atoms with van der Waals surface area (Å²) in [6.07, 6.45) is -7.49. The fourth-order valence-corrected chi connectivity index (χ4v) is 5.06. The van der Waals surface area contributed by atoms with Crippen molar-refractivity contribution in [2.45, 2.75) is 30.6 Å². The number of hydrogen-bond donors (Lipinski definition) is 5. The normalized spacial score (nSPS) is 27.7. The second-order valence-electron chi connectivity index (χ2n) is 8.44. The summed E-state index contributed by atoms with van der Waals surface area (Å²) in [7, 11) is 1.44. The van der Waals surface area contributed by atoms with Gasteiger partial charge in [-0.05, 0) is 18.2 Å². The molecule has 0 radical (unpaired) electrons. The molecule has 0 saturated carbocycles. The number of phenolic OH excluding ortho intramolecular Hbond substituents is 1. The van der Waals surface area contributed by atoms with E-state index in [1.807, 2.05) is 0 Å². The Morgan fingerprint density at radius 3 is 2.56 bits per heavy atom. The number of methoxy groups -OCH3 is 1. The molecule has 3 aromatic carbocycles. The van der Waals surface area contributed by atoms with Crippen molar-refractivity contribution in [3.8, 4) is 23.0 Å². The van der Waals surface area contributed by atoms with E-state index in [1.165, 1.54) is 30.2 Å². The summed E-state index contributed by atoms with van der Waals surface area (Å²) < 4.78 is 22.4. The molecule has 0 aliphatic carbocycles. The van der Waals surface area contributed by atoms with Gasteiger partial charge >= 0.3 is 0 Å². The van der Waals surface area contributed by atoms with Crippen LogP contribution in [0.25, 0.3) is 21.5 Å². The fourth-order valence-electron chi connectivity index (χ4n) is 5.06. The summed E-state index contributed by atoms with van der Waals surface area (Å²) >= 11 is 0. The Kier molecular flexibility index (Phi) is 4.57. The van der Waals surface area contributed by atoms with Crippen LogP contribution >= 0.6 is 0 Å². The molecule has 5 unspecified atom stereocenters. The summed E-state index contributed by atoms with van der Waals surface area (Å²) in [4.78, 5) is 14.8. The molecular formula is C23H21NO10. The predicted octanol–water partition coefficient (Wildman–Crippen LogP) is 0.196. The van der Waals surface area contributed by atoms with Crippen molar-refractivity contribution >= 4 is 33.1 Å². The monoisotopic (exact) mass is 471 g/mol. The molecule has 34 heavy (non-hydrogen) atoms. The largest absolute Gasteiger partial charge is 0.508 e. The third-order valence-corrected chi connectivity index (χ3v) is 6.65. The Labute approximate surface area is 191 Å². The van der Waals surface area contributed by atoms with E-state index >= 15 is 0 Å². The van der Waals surface area contributed by atoms with Gasteiger partial charge in [-0.3, -0.25) is 9.69 Å². The average molecular weight is 471 g/mol. The van der Waals surface area contributed by atoms with Gasteiger partial charge < -0.3 is 44.5 Å². The Hall–Kier alpha value is -3.35. The maximum atomic E-state index is 13.7. The second kappa shape index (κ2) is 7.32. The Balaban J connectivity index is 1.65. The summed E-state index contributed by atoms with van der Waals surface area (Å²) in [5.74, 6) is 0.474. The lowest BCUT2D eigenvalue weighted by atomic mass is 9.96. The van der Waals surface area contributed by atoms with E-state index in [1.54, 1.807) is 6.07 Å². The third kappa shape index (κ3) is 2.67. The first-order chi connectivity index (χ1) is 16.3. The van der Waals surface area contributed by atoms with Crippen LogP contribution in [-0.4, -0.2) is 82.6 Å². The number of phenols is 1. The molecule has 178 valence electrons. The minimum atomic E-state index is -1.66. The van der Waals surface area contributed by atoms with Crippen LogP contribution in [0.4, 0.5) is 5.69 Å². The van der Waals surface area contributed by atoms with Crippen molar-refractivity contribution in [1.29, 1.82) is 0 Å². The molecule has 3 aliphatic rings. The maximum Gasteiger partial charge on any atom is 0.261 e. The quantitative estimate of drug-likeness (QED) is 0.334. The third-order valence-electron chi connectivity index (χ3n) is 6.65. The fraction of sp³-hybridized carbons (Fsp3) is 0.348. The molecule has 3 heterocycles. The smallest absolute Gasteiger partial charge is 0.261 e. The van der Waals surface area contributed by atoms with Crippen LogP contribution in [0.5, 0.6) is 23.0 Å². The minimum absolute atomic E-state index is 0.0415. The van der Waals surface area contributed by atoms with Crippen molar-refractivity contribution in [3.05, 3.63) is 29.8 Å². The number of anilines is 1. The van der Waals surface area contributed by atoms with E-state index in [0.29, 0.717) is 44.5 Å². The van der Waals surface area contributed by atoms with Crippen LogP contribution < -0.4 is 19.1 Å². The van der Waals surface area contributed by atoms with Gasteiger partial charge in [0.1, 0.15) is 35.9 Å². The van der Waals surface area contributed by atoms with E-state index in [0.717, 1.165) is 0 Å². The molecule has 0 bridgehead atoms. The SMILES string of the molecule is COc1cc(O)cc2c1cc1c3c(cc4c(c32)OCO4)C(=O)N1C1OC(CO)C(O)C(O)C1O. The van der Waals surface area contributed by atoms with Gasteiger partial charge in [-0.15, -0.1) is 0 Å². The van der Waals surface area contributed by atoms with Crippen LogP contribution in [0, 0.1) is 0 Å². The topological polar surface area (TPSA) is 158 Å². The summed E-state index contributed by atoms with van der Waals surface area (Å²) in [6.45, 7) is -0.674. The number of amides is 1. The number of aromatic hydroxyl groups is 1. The number of aliphatic hydroxyl groups excluding tert-OH is 4. The maximum absolute atomic E-state index is 13.7. The molecule has 3 aromatic rings. The highest BCUT2D eigenvalue weighted by Gasteiger charge is 2.50. The molecule has 11 nitrogen and oxygen atoms in total. The number of carbonyl (C=O) groups is 1. The zero-order chi connectivity index (χ0) is 23.9. The molecule has 0 spiro atoms. The van der Waals surface area contributed by atoms with E-state index in [2.05, 4.69) is 0 Å². The number of hydrogen-bond acceptors (Lipinski definition) is 10. The van der Waals surface area contributed by atoms with E-state index in [4.69, 9.17) is 18.9 Å². The lowest BCUT2D eigenvalue weighted by Crippen LogP contribution is -2.63. The highest BCUT2D eigenvalue weighted by molar-refractivity contribution is 6.32. The molecule has 5 atom stereocenters. The van der Waals surface area contributed by atoms with Crippen LogP contribution in [0.3, 0.4) is 0 Å². The molecule has 1 saturated heterocycles. The first-order valence-corrected chi connectivity index (χ1v) is 10.6. The highest BCUT2D eigenvalue weighted by Crippen LogP contribution is 2.53. The van der Waals surface area contributed by atoms with Gasteiger partial charge in [0.2, 0.25) is 6.79 Å². The van der Waals surface area contributed by atoms with Gasteiger partial charge in [0.15, 0.2) is 17.7 Å². The predicted molar refractivity (Wildman–Crippen MR) is 116 cm³/mol. The lowest BCUT2D eigenvalue weighted by molar-refractivity contribution is -0.226. The van der Waals surface area contributed by atoms with Crippen molar-refractivity contribution in [3.63, 3.8) is 0 Å². The summed E-state index contributed by atoms with van der Waals surface area (Å²) in [6, 6.07) is 6.15. The number of carbonyl (C=O) groups excluding carboxylic acids is 1. The van der Waals surface area contributed by atoms with Crippen molar-refractivity contribution < 1.29 is 49.3 Å². The number of ether oxygens (including phenoxy) is 4. The number of rotatable bonds is 3. The summed E-state index contributed by atoms with van der Waals surface area (Å²) in [5, 5.41) is 53.2. The number of aliphatic hydroxyl groups is 4. The Morgan fingerprint density at radius 1 is 1.03 bits per heavy atom. The highest BCUT2D eigenvalue weighted by atomic mass is 16.7. The standard InChI is InChI=1S/C23H21NO10/c1-31-13-3-8(26)2-10-9(13)4-12-16-11(5-14-21(17(10)16)33-7-32-14)22(30)24(12)23-20(29)19(28)18(27)15(6-25)34-23/h2-5,15,18-20,23,25-29H,6-7H2,1H3. The first-order valence-electron chi connectivity index (χ1n) is 10.6. The van der Waals surface area contributed by atoms with E-state index < -0.39 is 43.2 Å². The van der Waals surface area contributed by atoms with Crippen LogP contribution in [0.2, 0.25) is 0 Å². The summed E-state index contributed by atoms with van der Waals surface area (Å²) in [5.41, 5.74) is 0.588. The molecule has 0 aromatic heterocycles. The Bertz CT molecular complexity index is 1360. The zero-order valence-electron chi connectivity index (χ0n) is 17.8. The van der Waals surface area contributed by atoms with Gasteiger partial charge in [-0.1, -0.05) is 0 Å². The van der Waals surface area contributed by atoms with Gasteiger partial charge in [-0.2, -0.15) is 0 Å². The van der Waals surface area contributed by atoms with Gasteiger partial charge in [0.05, 0.1) is 25.0 Å². The van der Waals surface area contributed by atoms with Gasteiger partial charge in [0, 0.05) is 27.6 Å². The molecule has 1 amide bonds. The number of fused-ring (bicyclic) bond motifs is 4. The minimum Gasteiger partial charge on any atom is -0.508 e. The van der Waals surface area contributed by atoms with Crippen LogP contribution in [-0.2, 0) is 4.74 Å². The second-order valence-corrected chi connectivity index (χ2v) is 8.44. The average Bonchev–Trinajstić information content (AvgIpc) is 3.41. The first kappa shape index (κ1) is 21.2. The number of nitrogens with zero attached hydrogens (tertiary/aromatic N) is 1. The van der Waals surface area contributed by atoms with E-state index in [-0.39, 0.29) is 18.1 Å². The molecule has 6 rings (SSSR count). The van der Waals surface area contributed by atoms with Crippen LogP contribution in [0.15, 0.2) is 24.3 Å².